The van der Waals surface area contributed by atoms with Crippen LogP contribution in [0.1, 0.15) is 6.42 Å². The number of benzene rings is 1. The molecule has 108 valence electrons. The molecule has 7 heteroatoms. The molecule has 2 rings (SSSR count). The van der Waals surface area contributed by atoms with Crippen molar-refractivity contribution in [1.82, 2.24) is 5.32 Å². The van der Waals surface area contributed by atoms with E-state index in [1.54, 1.807) is 12.1 Å². The molecule has 20 heavy (non-hydrogen) atoms. The van der Waals surface area contributed by atoms with Gasteiger partial charge in [-0.15, -0.1) is 0 Å². The Labute approximate surface area is 121 Å². The van der Waals surface area contributed by atoms with E-state index in [-0.39, 0.29) is 31.3 Å². The highest BCUT2D eigenvalue weighted by Crippen LogP contribution is 2.38. The van der Waals surface area contributed by atoms with Gasteiger partial charge in [0.1, 0.15) is 11.5 Å². The number of carbonyl (C=O) groups is 2. The number of rotatable bonds is 3. The summed E-state index contributed by atoms with van der Waals surface area (Å²) in [5.74, 6) is 0.538. The SMILES string of the molecule is COc1cc(N2CCC(=O)NCC2=O)c(OC)cc1Cl. The lowest BCUT2D eigenvalue weighted by molar-refractivity contribution is -0.123. The Hall–Kier alpha value is -1.95. The minimum absolute atomic E-state index is 0.0348. The summed E-state index contributed by atoms with van der Waals surface area (Å²) in [5, 5.41) is 2.94. The third-order valence-electron chi connectivity index (χ3n) is 3.04. The molecule has 2 amide bonds. The van der Waals surface area contributed by atoms with E-state index < -0.39 is 0 Å². The van der Waals surface area contributed by atoms with Gasteiger partial charge in [0.15, 0.2) is 0 Å². The average Bonchev–Trinajstić information content (AvgIpc) is 2.61. The highest BCUT2D eigenvalue weighted by Gasteiger charge is 2.25. The molecule has 0 unspecified atom stereocenters. The molecule has 1 N–H and O–H groups in total. The van der Waals surface area contributed by atoms with E-state index >= 15 is 0 Å². The van der Waals surface area contributed by atoms with Crippen LogP contribution in [0.2, 0.25) is 5.02 Å². The molecule has 1 aromatic carbocycles. The Morgan fingerprint density at radius 2 is 1.90 bits per heavy atom. The number of hydrogen-bond donors (Lipinski definition) is 1. The van der Waals surface area contributed by atoms with Crippen LogP contribution in [0.3, 0.4) is 0 Å². The molecule has 6 nitrogen and oxygen atoms in total. The Morgan fingerprint density at radius 3 is 2.55 bits per heavy atom. The van der Waals surface area contributed by atoms with E-state index in [4.69, 9.17) is 21.1 Å². The van der Waals surface area contributed by atoms with E-state index in [9.17, 15) is 9.59 Å². The fourth-order valence-corrected chi connectivity index (χ4v) is 2.24. The zero-order valence-corrected chi connectivity index (χ0v) is 12.0. The molecular weight excluding hydrogens is 284 g/mol. The first-order valence-electron chi connectivity index (χ1n) is 6.05. The Bertz CT molecular complexity index is 547. The monoisotopic (exact) mass is 298 g/mol. The third-order valence-corrected chi connectivity index (χ3v) is 3.34. The van der Waals surface area contributed by atoms with Gasteiger partial charge in [-0.05, 0) is 0 Å². The van der Waals surface area contributed by atoms with Crippen molar-refractivity contribution >= 4 is 29.1 Å². The van der Waals surface area contributed by atoms with Gasteiger partial charge in [-0.2, -0.15) is 0 Å². The minimum Gasteiger partial charge on any atom is -0.495 e. The molecule has 1 aromatic rings. The van der Waals surface area contributed by atoms with Crippen LogP contribution in [0.4, 0.5) is 5.69 Å². The Kier molecular flexibility index (Phi) is 4.34. The molecule has 1 heterocycles. The maximum atomic E-state index is 12.1. The van der Waals surface area contributed by atoms with Crippen molar-refractivity contribution in [1.29, 1.82) is 0 Å². The number of nitrogens with one attached hydrogen (secondary N) is 1. The molecule has 1 fully saturated rings. The summed E-state index contributed by atoms with van der Waals surface area (Å²) in [7, 11) is 2.99. The van der Waals surface area contributed by atoms with Gasteiger partial charge in [0.25, 0.3) is 0 Å². The van der Waals surface area contributed by atoms with Crippen molar-refractivity contribution in [3.05, 3.63) is 17.2 Å². The van der Waals surface area contributed by atoms with Crippen molar-refractivity contribution < 1.29 is 19.1 Å². The standard InChI is InChI=1S/C13H15ClN2O4/c1-19-10-6-9(11(20-2)5-8(10)14)16-4-3-12(17)15-7-13(16)18/h5-6H,3-4,7H2,1-2H3,(H,15,17). The highest BCUT2D eigenvalue weighted by molar-refractivity contribution is 6.32. The number of anilines is 1. The van der Waals surface area contributed by atoms with E-state index in [1.165, 1.54) is 19.1 Å². The predicted octanol–water partition coefficient (Wildman–Crippen LogP) is 1.21. The number of amides is 2. The average molecular weight is 299 g/mol. The smallest absolute Gasteiger partial charge is 0.246 e. The molecule has 1 saturated heterocycles. The topological polar surface area (TPSA) is 67.9 Å². The first-order valence-corrected chi connectivity index (χ1v) is 6.43. The lowest BCUT2D eigenvalue weighted by atomic mass is 10.2. The number of hydrogen-bond acceptors (Lipinski definition) is 4. The van der Waals surface area contributed by atoms with Gasteiger partial charge in [-0.1, -0.05) is 11.6 Å². The number of methoxy groups -OCH3 is 2. The highest BCUT2D eigenvalue weighted by atomic mass is 35.5. The maximum Gasteiger partial charge on any atom is 0.246 e. The summed E-state index contributed by atoms with van der Waals surface area (Å²) in [4.78, 5) is 25.0. The third kappa shape index (κ3) is 2.80. The Balaban J connectivity index is 2.43. The van der Waals surface area contributed by atoms with Gasteiger partial charge in [0, 0.05) is 25.1 Å². The normalized spacial score (nSPS) is 15.7. The molecule has 0 radical (unpaired) electrons. The summed E-state index contributed by atoms with van der Waals surface area (Å²) < 4.78 is 10.4. The zero-order chi connectivity index (χ0) is 14.7. The second-order valence-electron chi connectivity index (χ2n) is 4.23. The fourth-order valence-electron chi connectivity index (χ4n) is 2.01. The molecule has 0 atom stereocenters. The molecule has 0 saturated carbocycles. The Morgan fingerprint density at radius 1 is 1.20 bits per heavy atom. The second-order valence-corrected chi connectivity index (χ2v) is 4.64. The van der Waals surface area contributed by atoms with Crippen LogP contribution in [0.25, 0.3) is 0 Å². The van der Waals surface area contributed by atoms with Crippen LogP contribution in [0.5, 0.6) is 11.5 Å². The van der Waals surface area contributed by atoms with E-state index in [2.05, 4.69) is 5.32 Å². The predicted molar refractivity (Wildman–Crippen MR) is 74.5 cm³/mol. The van der Waals surface area contributed by atoms with Crippen molar-refractivity contribution in [2.45, 2.75) is 6.42 Å². The van der Waals surface area contributed by atoms with Gasteiger partial charge in [0.2, 0.25) is 11.8 Å². The quantitative estimate of drug-likeness (QED) is 0.911. The van der Waals surface area contributed by atoms with Crippen LogP contribution in [-0.2, 0) is 9.59 Å². The van der Waals surface area contributed by atoms with Crippen LogP contribution >= 0.6 is 11.6 Å². The molecule has 0 aliphatic carbocycles. The van der Waals surface area contributed by atoms with Crippen LogP contribution in [0, 0.1) is 0 Å². The summed E-state index contributed by atoms with van der Waals surface area (Å²) in [6.07, 6.45) is 0.236. The van der Waals surface area contributed by atoms with Gasteiger partial charge >= 0.3 is 0 Å². The van der Waals surface area contributed by atoms with E-state index in [0.717, 1.165) is 0 Å². The summed E-state index contributed by atoms with van der Waals surface area (Å²) in [5.41, 5.74) is 0.537. The number of nitrogens with zero attached hydrogens (tertiary/aromatic N) is 1. The largest absolute Gasteiger partial charge is 0.495 e. The number of halogens is 1. The zero-order valence-electron chi connectivity index (χ0n) is 11.2. The molecule has 0 spiro atoms. The summed E-state index contributed by atoms with van der Waals surface area (Å²) >= 11 is 6.04. The van der Waals surface area contributed by atoms with Crippen LogP contribution in [0.15, 0.2) is 12.1 Å². The van der Waals surface area contributed by atoms with Gasteiger partial charge < -0.3 is 19.7 Å². The lowest BCUT2D eigenvalue weighted by Crippen LogP contribution is -2.35. The van der Waals surface area contributed by atoms with Crippen molar-refractivity contribution in [3.8, 4) is 11.5 Å². The number of ether oxygens (including phenoxy) is 2. The molecular formula is C13H15ClN2O4. The molecule has 1 aliphatic rings. The molecule has 0 bridgehead atoms. The van der Waals surface area contributed by atoms with Crippen LogP contribution in [-0.4, -0.2) is 39.1 Å². The second kappa shape index (κ2) is 6.00. The van der Waals surface area contributed by atoms with Crippen molar-refractivity contribution in [3.63, 3.8) is 0 Å². The summed E-state index contributed by atoms with van der Waals surface area (Å²) in [6.45, 7) is 0.249. The summed E-state index contributed by atoms with van der Waals surface area (Å²) in [6, 6.07) is 3.22. The van der Waals surface area contributed by atoms with Crippen molar-refractivity contribution in [2.75, 3.05) is 32.2 Å². The fraction of sp³-hybridized carbons (Fsp3) is 0.385. The first-order chi connectivity index (χ1) is 9.56. The van der Waals surface area contributed by atoms with E-state index in [1.807, 2.05) is 0 Å². The minimum atomic E-state index is -0.210. The number of carbonyl (C=O) groups excluding carboxylic acids is 2. The van der Waals surface area contributed by atoms with E-state index in [0.29, 0.717) is 22.2 Å². The van der Waals surface area contributed by atoms with Crippen molar-refractivity contribution in [2.24, 2.45) is 0 Å². The van der Waals surface area contributed by atoms with Gasteiger partial charge in [-0.3, -0.25) is 9.59 Å². The molecule has 1 aliphatic heterocycles. The maximum absolute atomic E-state index is 12.1. The van der Waals surface area contributed by atoms with Gasteiger partial charge in [-0.25, -0.2) is 0 Å². The lowest BCUT2D eigenvalue weighted by Gasteiger charge is -2.23. The van der Waals surface area contributed by atoms with Crippen LogP contribution < -0.4 is 19.7 Å². The van der Waals surface area contributed by atoms with Gasteiger partial charge in [0.05, 0.1) is 31.5 Å². The molecule has 0 aromatic heterocycles. The first kappa shape index (κ1) is 14.5.